The lowest BCUT2D eigenvalue weighted by Gasteiger charge is -2.34. The lowest BCUT2D eigenvalue weighted by molar-refractivity contribution is -0.130. The molecular weight excluding hydrogens is 353 g/mol. The fourth-order valence-electron chi connectivity index (χ4n) is 3.09. The zero-order chi connectivity index (χ0) is 18.1. The number of carbonyl (C=O) groups is 1. The number of para-hydroxylation sites is 1. The van der Waals surface area contributed by atoms with E-state index in [0.29, 0.717) is 18.7 Å². The highest BCUT2D eigenvalue weighted by atomic mass is 32.1. The standard InChI is InChI=1S/C19H18FN3O2S/c20-14-11-13(5-6-16(14)24)12-18(25)22-7-9-23(10-8-22)19-21-15-3-1-2-4-17(15)26-19/h1-6,11,24H,7-10,12H2. The van der Waals surface area contributed by atoms with Crippen molar-refractivity contribution < 1.29 is 14.3 Å². The van der Waals surface area contributed by atoms with Crippen molar-refractivity contribution in [1.82, 2.24) is 9.88 Å². The van der Waals surface area contributed by atoms with Crippen molar-refractivity contribution >= 4 is 32.6 Å². The SMILES string of the molecule is O=C(Cc1ccc(O)c(F)c1)N1CCN(c2nc3ccccc3s2)CC1. The molecule has 0 unspecified atom stereocenters. The van der Waals surface area contributed by atoms with E-state index in [4.69, 9.17) is 0 Å². The summed E-state index contributed by atoms with van der Waals surface area (Å²) in [5, 5.41) is 10.2. The molecule has 0 bridgehead atoms. The smallest absolute Gasteiger partial charge is 0.227 e. The zero-order valence-corrected chi connectivity index (χ0v) is 14.9. The van der Waals surface area contributed by atoms with Gasteiger partial charge in [0.15, 0.2) is 16.7 Å². The van der Waals surface area contributed by atoms with Crippen molar-refractivity contribution in [2.45, 2.75) is 6.42 Å². The molecule has 5 nitrogen and oxygen atoms in total. The highest BCUT2D eigenvalue weighted by Gasteiger charge is 2.23. The average molecular weight is 371 g/mol. The summed E-state index contributed by atoms with van der Waals surface area (Å²) in [6.45, 7) is 2.70. The third-order valence-corrected chi connectivity index (χ3v) is 5.65. The summed E-state index contributed by atoms with van der Waals surface area (Å²) >= 11 is 1.67. The number of fused-ring (bicyclic) bond motifs is 1. The first-order valence-corrected chi connectivity index (χ1v) is 9.27. The topological polar surface area (TPSA) is 56.7 Å². The lowest BCUT2D eigenvalue weighted by atomic mass is 10.1. The second kappa shape index (κ2) is 6.92. The van der Waals surface area contributed by atoms with Crippen LogP contribution in [0.4, 0.5) is 9.52 Å². The van der Waals surface area contributed by atoms with E-state index in [2.05, 4.69) is 16.0 Å². The predicted molar refractivity (Wildman–Crippen MR) is 100 cm³/mol. The number of benzene rings is 2. The Hall–Kier alpha value is -2.67. The summed E-state index contributed by atoms with van der Waals surface area (Å²) in [5.74, 6) is -1.12. The van der Waals surface area contributed by atoms with E-state index in [-0.39, 0.29) is 12.3 Å². The third kappa shape index (κ3) is 3.35. The minimum absolute atomic E-state index is 0.0287. The van der Waals surface area contributed by atoms with E-state index in [9.17, 15) is 14.3 Å². The Kier molecular flexibility index (Phi) is 4.46. The van der Waals surface area contributed by atoms with E-state index in [1.165, 1.54) is 12.1 Å². The number of hydrogen-bond acceptors (Lipinski definition) is 5. The number of hydrogen-bond donors (Lipinski definition) is 1. The van der Waals surface area contributed by atoms with Gasteiger partial charge in [0.05, 0.1) is 16.6 Å². The van der Waals surface area contributed by atoms with Crippen LogP contribution in [0.25, 0.3) is 10.2 Å². The summed E-state index contributed by atoms with van der Waals surface area (Å²) in [4.78, 5) is 21.1. The maximum atomic E-state index is 13.4. The molecule has 2 aromatic carbocycles. The molecule has 1 aromatic heterocycles. The molecule has 0 aliphatic carbocycles. The number of halogens is 1. The Morgan fingerprint density at radius 3 is 2.65 bits per heavy atom. The first-order chi connectivity index (χ1) is 12.6. The van der Waals surface area contributed by atoms with E-state index < -0.39 is 11.6 Å². The van der Waals surface area contributed by atoms with Crippen molar-refractivity contribution in [3.63, 3.8) is 0 Å². The van der Waals surface area contributed by atoms with Crippen molar-refractivity contribution in [2.24, 2.45) is 0 Å². The van der Waals surface area contributed by atoms with Crippen LogP contribution in [-0.2, 0) is 11.2 Å². The van der Waals surface area contributed by atoms with E-state index >= 15 is 0 Å². The molecule has 26 heavy (non-hydrogen) atoms. The van der Waals surface area contributed by atoms with Gasteiger partial charge < -0.3 is 14.9 Å². The molecule has 0 atom stereocenters. The van der Waals surface area contributed by atoms with Crippen molar-refractivity contribution in [3.05, 3.63) is 53.8 Å². The van der Waals surface area contributed by atoms with Crippen molar-refractivity contribution in [3.8, 4) is 5.75 Å². The fraction of sp³-hybridized carbons (Fsp3) is 0.263. The molecule has 0 saturated carbocycles. The maximum Gasteiger partial charge on any atom is 0.227 e. The minimum atomic E-state index is -0.698. The van der Waals surface area contributed by atoms with Crippen molar-refractivity contribution in [1.29, 1.82) is 0 Å². The van der Waals surface area contributed by atoms with Crippen LogP contribution in [-0.4, -0.2) is 47.1 Å². The highest BCUT2D eigenvalue weighted by molar-refractivity contribution is 7.22. The van der Waals surface area contributed by atoms with Crippen LogP contribution < -0.4 is 4.90 Å². The zero-order valence-electron chi connectivity index (χ0n) is 14.1. The number of carbonyl (C=O) groups excluding carboxylic acids is 1. The number of nitrogens with zero attached hydrogens (tertiary/aromatic N) is 3. The van der Waals surface area contributed by atoms with Gasteiger partial charge in [-0.15, -0.1) is 0 Å². The number of aromatic hydroxyl groups is 1. The second-order valence-corrected chi connectivity index (χ2v) is 7.30. The molecule has 4 rings (SSSR count). The first-order valence-electron chi connectivity index (χ1n) is 8.46. The van der Waals surface area contributed by atoms with Gasteiger partial charge in [-0.2, -0.15) is 0 Å². The Balaban J connectivity index is 1.38. The molecular formula is C19H18FN3O2S. The number of amides is 1. The number of rotatable bonds is 3. The van der Waals surface area contributed by atoms with Crippen LogP contribution in [0, 0.1) is 5.82 Å². The number of anilines is 1. The van der Waals surface area contributed by atoms with E-state index in [0.717, 1.165) is 28.4 Å². The molecule has 1 N–H and O–H groups in total. The predicted octanol–water partition coefficient (Wildman–Crippen LogP) is 3.03. The normalized spacial score (nSPS) is 14.8. The van der Waals surface area contributed by atoms with Gasteiger partial charge in [-0.3, -0.25) is 4.79 Å². The molecule has 7 heteroatoms. The van der Waals surface area contributed by atoms with Gasteiger partial charge in [0.1, 0.15) is 0 Å². The summed E-state index contributed by atoms with van der Waals surface area (Å²) in [6.07, 6.45) is 0.137. The molecule has 1 saturated heterocycles. The van der Waals surface area contributed by atoms with Gasteiger partial charge in [-0.25, -0.2) is 9.37 Å². The Morgan fingerprint density at radius 1 is 1.15 bits per heavy atom. The number of phenols is 1. The summed E-state index contributed by atoms with van der Waals surface area (Å²) in [7, 11) is 0. The van der Waals surface area contributed by atoms with Crippen LogP contribution >= 0.6 is 11.3 Å². The molecule has 0 spiro atoms. The molecule has 0 radical (unpaired) electrons. The van der Waals surface area contributed by atoms with Crippen LogP contribution in [0.15, 0.2) is 42.5 Å². The van der Waals surface area contributed by atoms with E-state index in [1.807, 2.05) is 18.2 Å². The maximum absolute atomic E-state index is 13.4. The fourth-order valence-corrected chi connectivity index (χ4v) is 4.11. The van der Waals surface area contributed by atoms with E-state index in [1.54, 1.807) is 22.3 Å². The Bertz CT molecular complexity index is 918. The monoisotopic (exact) mass is 371 g/mol. The van der Waals surface area contributed by atoms with Gasteiger partial charge in [0.25, 0.3) is 0 Å². The van der Waals surface area contributed by atoms with Gasteiger partial charge in [0.2, 0.25) is 5.91 Å². The number of aromatic nitrogens is 1. The Labute approximate surface area is 154 Å². The molecule has 1 aliphatic rings. The van der Waals surface area contributed by atoms with Gasteiger partial charge in [0, 0.05) is 26.2 Å². The van der Waals surface area contributed by atoms with Crippen LogP contribution in [0.5, 0.6) is 5.75 Å². The Morgan fingerprint density at radius 2 is 1.92 bits per heavy atom. The molecule has 1 amide bonds. The number of phenolic OH excluding ortho intramolecular Hbond substituents is 1. The van der Waals surface area contributed by atoms with Crippen molar-refractivity contribution in [2.75, 3.05) is 31.1 Å². The summed E-state index contributed by atoms with van der Waals surface area (Å²) in [6, 6.07) is 12.1. The number of thiazole rings is 1. The molecule has 3 aromatic rings. The van der Waals surface area contributed by atoms with Gasteiger partial charge >= 0.3 is 0 Å². The van der Waals surface area contributed by atoms with Crippen LogP contribution in [0.3, 0.4) is 0 Å². The summed E-state index contributed by atoms with van der Waals surface area (Å²) < 4.78 is 14.6. The van der Waals surface area contributed by atoms with Gasteiger partial charge in [-0.1, -0.05) is 29.5 Å². The van der Waals surface area contributed by atoms with Gasteiger partial charge in [-0.05, 0) is 29.8 Å². The molecule has 1 aliphatic heterocycles. The molecule has 134 valence electrons. The lowest BCUT2D eigenvalue weighted by Crippen LogP contribution is -2.49. The number of piperazine rings is 1. The van der Waals surface area contributed by atoms with Crippen LogP contribution in [0.2, 0.25) is 0 Å². The third-order valence-electron chi connectivity index (χ3n) is 4.55. The minimum Gasteiger partial charge on any atom is -0.505 e. The first kappa shape index (κ1) is 16.8. The molecule has 2 heterocycles. The largest absolute Gasteiger partial charge is 0.505 e. The quantitative estimate of drug-likeness (QED) is 0.769. The highest BCUT2D eigenvalue weighted by Crippen LogP contribution is 2.29. The summed E-state index contributed by atoms with van der Waals surface area (Å²) in [5.41, 5.74) is 1.57. The molecule has 1 fully saturated rings. The van der Waals surface area contributed by atoms with Crippen LogP contribution in [0.1, 0.15) is 5.56 Å². The average Bonchev–Trinajstić information content (AvgIpc) is 3.09. The second-order valence-electron chi connectivity index (χ2n) is 6.29.